The summed E-state index contributed by atoms with van der Waals surface area (Å²) in [6.45, 7) is 12.9. The summed E-state index contributed by atoms with van der Waals surface area (Å²) in [5.41, 5.74) is 6.49. The molecule has 0 aromatic heterocycles. The van der Waals surface area contributed by atoms with Crippen molar-refractivity contribution in [2.75, 3.05) is 25.5 Å². The van der Waals surface area contributed by atoms with Crippen molar-refractivity contribution in [1.29, 1.82) is 0 Å². The molecule has 20 heavy (non-hydrogen) atoms. The normalized spacial score (nSPS) is 11.4. The highest BCUT2D eigenvalue weighted by Crippen LogP contribution is 2.26. The van der Waals surface area contributed by atoms with Crippen molar-refractivity contribution in [3.8, 4) is 11.5 Å². The fraction of sp³-hybridized carbons (Fsp3) is 0.625. The molecule has 0 saturated heterocycles. The first kappa shape index (κ1) is 16.6. The van der Waals surface area contributed by atoms with Crippen molar-refractivity contribution in [3.63, 3.8) is 0 Å². The Morgan fingerprint density at radius 1 is 1.10 bits per heavy atom. The van der Waals surface area contributed by atoms with E-state index in [9.17, 15) is 0 Å². The minimum Gasteiger partial charge on any atom is -0.492 e. The van der Waals surface area contributed by atoms with Crippen LogP contribution >= 0.6 is 0 Å². The van der Waals surface area contributed by atoms with Gasteiger partial charge in [-0.2, -0.15) is 0 Å². The third kappa shape index (κ3) is 4.93. The van der Waals surface area contributed by atoms with Gasteiger partial charge in [0.2, 0.25) is 0 Å². The fourth-order valence-corrected chi connectivity index (χ4v) is 2.27. The van der Waals surface area contributed by atoms with Gasteiger partial charge in [-0.1, -0.05) is 0 Å². The van der Waals surface area contributed by atoms with Crippen molar-refractivity contribution in [1.82, 2.24) is 4.90 Å². The van der Waals surface area contributed by atoms with Crippen LogP contribution in [0.25, 0.3) is 0 Å². The van der Waals surface area contributed by atoms with Gasteiger partial charge < -0.3 is 15.2 Å². The highest BCUT2D eigenvalue weighted by Gasteiger charge is 2.13. The predicted molar refractivity (Wildman–Crippen MR) is 84.5 cm³/mol. The zero-order valence-corrected chi connectivity index (χ0v) is 13.3. The van der Waals surface area contributed by atoms with E-state index < -0.39 is 0 Å². The average molecular weight is 280 g/mol. The molecule has 0 amide bonds. The van der Waals surface area contributed by atoms with Crippen LogP contribution in [0.2, 0.25) is 0 Å². The summed E-state index contributed by atoms with van der Waals surface area (Å²) in [6, 6.07) is 6.59. The number of hydrogen-bond acceptors (Lipinski definition) is 4. The molecule has 1 rings (SSSR count). The second-order valence-corrected chi connectivity index (χ2v) is 5.41. The SMILES string of the molecule is CCOc1cc(OCCN(C(C)C)C(C)C)ccc1N. The molecule has 0 heterocycles. The van der Waals surface area contributed by atoms with Gasteiger partial charge in [0.05, 0.1) is 12.3 Å². The molecule has 0 atom stereocenters. The van der Waals surface area contributed by atoms with Crippen molar-refractivity contribution >= 4 is 5.69 Å². The Morgan fingerprint density at radius 3 is 2.30 bits per heavy atom. The Kier molecular flexibility index (Phi) is 6.65. The number of rotatable bonds is 8. The maximum absolute atomic E-state index is 5.84. The van der Waals surface area contributed by atoms with Crippen LogP contribution in [0.15, 0.2) is 18.2 Å². The van der Waals surface area contributed by atoms with Gasteiger partial charge in [0.25, 0.3) is 0 Å². The van der Waals surface area contributed by atoms with Crippen LogP contribution < -0.4 is 15.2 Å². The largest absolute Gasteiger partial charge is 0.492 e. The van der Waals surface area contributed by atoms with Gasteiger partial charge in [-0.3, -0.25) is 4.90 Å². The number of nitrogen functional groups attached to an aromatic ring is 1. The minimum atomic E-state index is 0.518. The maximum Gasteiger partial charge on any atom is 0.145 e. The Labute approximate surface area is 122 Å². The van der Waals surface area contributed by atoms with Crippen LogP contribution in [0.3, 0.4) is 0 Å². The monoisotopic (exact) mass is 280 g/mol. The number of hydrogen-bond donors (Lipinski definition) is 1. The van der Waals surface area contributed by atoms with Crippen LogP contribution in [-0.2, 0) is 0 Å². The smallest absolute Gasteiger partial charge is 0.145 e. The third-order valence-corrected chi connectivity index (χ3v) is 3.23. The quantitative estimate of drug-likeness (QED) is 0.743. The average Bonchev–Trinajstić information content (AvgIpc) is 2.37. The maximum atomic E-state index is 5.84. The summed E-state index contributed by atoms with van der Waals surface area (Å²) in [6.07, 6.45) is 0. The zero-order valence-electron chi connectivity index (χ0n) is 13.3. The number of nitrogens with zero attached hydrogens (tertiary/aromatic N) is 1. The molecule has 0 saturated carbocycles. The van der Waals surface area contributed by atoms with Gasteiger partial charge in [0.1, 0.15) is 18.1 Å². The van der Waals surface area contributed by atoms with E-state index in [0.717, 1.165) is 12.3 Å². The van der Waals surface area contributed by atoms with Crippen molar-refractivity contribution in [2.24, 2.45) is 0 Å². The molecule has 2 N–H and O–H groups in total. The van der Waals surface area contributed by atoms with Crippen molar-refractivity contribution in [2.45, 2.75) is 46.7 Å². The molecule has 4 nitrogen and oxygen atoms in total. The molecular formula is C16H28N2O2. The molecule has 0 aliphatic rings. The number of benzene rings is 1. The number of nitrogens with two attached hydrogens (primary N) is 1. The van der Waals surface area contributed by atoms with Crippen LogP contribution in [-0.4, -0.2) is 36.7 Å². The summed E-state index contributed by atoms with van der Waals surface area (Å²) in [4.78, 5) is 2.40. The topological polar surface area (TPSA) is 47.7 Å². The Hall–Kier alpha value is -1.42. The molecule has 1 aromatic carbocycles. The number of ether oxygens (including phenoxy) is 2. The van der Waals surface area contributed by atoms with E-state index in [4.69, 9.17) is 15.2 Å². The lowest BCUT2D eigenvalue weighted by molar-refractivity contribution is 0.142. The Bertz CT molecular complexity index is 397. The third-order valence-electron chi connectivity index (χ3n) is 3.23. The molecule has 0 aliphatic carbocycles. The summed E-state index contributed by atoms with van der Waals surface area (Å²) in [5, 5.41) is 0. The van der Waals surface area contributed by atoms with E-state index in [1.54, 1.807) is 0 Å². The lowest BCUT2D eigenvalue weighted by atomic mass is 10.2. The van der Waals surface area contributed by atoms with Crippen molar-refractivity contribution < 1.29 is 9.47 Å². The van der Waals surface area contributed by atoms with Crippen LogP contribution in [0.4, 0.5) is 5.69 Å². The molecule has 114 valence electrons. The van der Waals surface area contributed by atoms with Crippen LogP contribution in [0.1, 0.15) is 34.6 Å². The summed E-state index contributed by atoms with van der Waals surface area (Å²) >= 11 is 0. The van der Waals surface area contributed by atoms with Gasteiger partial charge in [-0.25, -0.2) is 0 Å². The lowest BCUT2D eigenvalue weighted by Crippen LogP contribution is -2.39. The minimum absolute atomic E-state index is 0.518. The molecule has 1 aromatic rings. The highest BCUT2D eigenvalue weighted by molar-refractivity contribution is 5.55. The van der Waals surface area contributed by atoms with Crippen LogP contribution in [0, 0.1) is 0 Å². The van der Waals surface area contributed by atoms with E-state index in [0.29, 0.717) is 36.7 Å². The first-order valence-electron chi connectivity index (χ1n) is 7.36. The molecule has 0 unspecified atom stereocenters. The van der Waals surface area contributed by atoms with Gasteiger partial charge in [-0.15, -0.1) is 0 Å². The number of anilines is 1. The van der Waals surface area contributed by atoms with Gasteiger partial charge in [-0.05, 0) is 46.8 Å². The van der Waals surface area contributed by atoms with Crippen molar-refractivity contribution in [3.05, 3.63) is 18.2 Å². The van der Waals surface area contributed by atoms with E-state index >= 15 is 0 Å². The van der Waals surface area contributed by atoms with E-state index in [1.807, 2.05) is 25.1 Å². The fourth-order valence-electron chi connectivity index (χ4n) is 2.27. The molecule has 0 radical (unpaired) electrons. The second-order valence-electron chi connectivity index (χ2n) is 5.41. The first-order chi connectivity index (χ1) is 9.45. The van der Waals surface area contributed by atoms with Gasteiger partial charge >= 0.3 is 0 Å². The molecular weight excluding hydrogens is 252 g/mol. The van der Waals surface area contributed by atoms with Gasteiger partial charge in [0.15, 0.2) is 0 Å². The second kappa shape index (κ2) is 8.00. The molecule has 0 bridgehead atoms. The summed E-state index contributed by atoms with van der Waals surface area (Å²) in [7, 11) is 0. The zero-order chi connectivity index (χ0) is 15.1. The van der Waals surface area contributed by atoms with E-state index in [2.05, 4.69) is 32.6 Å². The standard InChI is InChI=1S/C16H28N2O2/c1-6-19-16-11-14(7-8-15(16)17)20-10-9-18(12(2)3)13(4)5/h7-8,11-13H,6,9-10,17H2,1-5H3. The van der Waals surface area contributed by atoms with E-state index in [1.165, 1.54) is 0 Å². The molecule has 0 spiro atoms. The molecule has 4 heteroatoms. The Balaban J connectivity index is 2.55. The van der Waals surface area contributed by atoms with Gasteiger partial charge in [0, 0.05) is 24.7 Å². The molecule has 0 fully saturated rings. The van der Waals surface area contributed by atoms with Crippen LogP contribution in [0.5, 0.6) is 11.5 Å². The first-order valence-corrected chi connectivity index (χ1v) is 7.36. The summed E-state index contributed by atoms with van der Waals surface area (Å²) in [5.74, 6) is 1.49. The lowest BCUT2D eigenvalue weighted by Gasteiger charge is -2.30. The summed E-state index contributed by atoms with van der Waals surface area (Å²) < 4.78 is 11.3. The Morgan fingerprint density at radius 2 is 1.75 bits per heavy atom. The van der Waals surface area contributed by atoms with E-state index in [-0.39, 0.29) is 0 Å². The highest BCUT2D eigenvalue weighted by atomic mass is 16.5. The predicted octanol–water partition coefficient (Wildman–Crippen LogP) is 3.17. The molecule has 0 aliphatic heterocycles.